The van der Waals surface area contributed by atoms with Crippen molar-refractivity contribution < 1.29 is 14.7 Å². The first kappa shape index (κ1) is 23.2. The van der Waals surface area contributed by atoms with E-state index in [1.54, 1.807) is 11.9 Å². The van der Waals surface area contributed by atoms with Crippen molar-refractivity contribution in [2.45, 2.75) is 49.7 Å². The number of likely N-dealkylation sites (N-methyl/N-ethyl adjacent to an activating group) is 1. The second-order valence-electron chi connectivity index (χ2n) is 10.1. The zero-order valence-corrected chi connectivity index (χ0v) is 19.5. The molecule has 2 heterocycles. The molecule has 7 heteroatoms. The molecule has 3 aliphatic rings. The zero-order chi connectivity index (χ0) is 22.7. The highest BCUT2D eigenvalue weighted by Gasteiger charge is 2.41. The molecule has 176 valence electrons. The number of carbonyl (C=O) groups is 2. The molecule has 1 aliphatic carbocycles. The standard InChI is InChI=1S/C25H38N4O3/c1-27-12-14-29(15-13-27)21-8-10-25(11-9-22(21)30,20-6-4-3-5-7-20)18-26-24(32)19-16-23(31)28(2)17-19/h3-7,19,21-22,30H,8-18H2,1-2H3,(H,26,32)/t19-,21+,22+,25+/m1/s1. The Bertz CT molecular complexity index is 796. The number of carbonyl (C=O) groups excluding carboxylic acids is 2. The lowest BCUT2D eigenvalue weighted by Crippen LogP contribution is -2.52. The third kappa shape index (κ3) is 5.00. The second-order valence-corrected chi connectivity index (χ2v) is 10.1. The van der Waals surface area contributed by atoms with E-state index in [-0.39, 0.29) is 35.3 Å². The number of nitrogens with one attached hydrogen (secondary N) is 1. The number of likely N-dealkylation sites (tertiary alicyclic amines) is 1. The van der Waals surface area contributed by atoms with E-state index in [4.69, 9.17) is 0 Å². The predicted molar refractivity (Wildman–Crippen MR) is 124 cm³/mol. The molecule has 1 saturated carbocycles. The van der Waals surface area contributed by atoms with E-state index in [0.717, 1.165) is 51.9 Å². The SMILES string of the molecule is CN1CCN([C@H]2CC[C@](CNC(=O)[C@@H]3CC(=O)N(C)C3)(c3ccccc3)CC[C@@H]2O)CC1. The number of aliphatic hydroxyl groups is 1. The maximum atomic E-state index is 12.9. The molecule has 32 heavy (non-hydrogen) atoms. The summed E-state index contributed by atoms with van der Waals surface area (Å²) in [5.74, 6) is -0.260. The number of amides is 2. The normalized spacial score (nSPS) is 32.7. The molecule has 3 fully saturated rings. The highest BCUT2D eigenvalue weighted by atomic mass is 16.3. The van der Waals surface area contributed by atoms with Gasteiger partial charge in [0.25, 0.3) is 0 Å². The van der Waals surface area contributed by atoms with E-state index in [0.29, 0.717) is 19.5 Å². The van der Waals surface area contributed by atoms with Crippen molar-refractivity contribution >= 4 is 11.8 Å². The molecular formula is C25H38N4O3. The van der Waals surface area contributed by atoms with Gasteiger partial charge in [-0.3, -0.25) is 14.5 Å². The molecule has 0 aromatic heterocycles. The lowest BCUT2D eigenvalue weighted by atomic mass is 9.74. The maximum absolute atomic E-state index is 12.9. The molecule has 2 amide bonds. The Morgan fingerprint density at radius 3 is 2.44 bits per heavy atom. The number of hydrogen-bond donors (Lipinski definition) is 2. The highest BCUT2D eigenvalue weighted by Crippen LogP contribution is 2.39. The summed E-state index contributed by atoms with van der Waals surface area (Å²) in [4.78, 5) is 31.2. The maximum Gasteiger partial charge on any atom is 0.225 e. The molecule has 1 aromatic rings. The first-order valence-corrected chi connectivity index (χ1v) is 12.1. The molecule has 2 saturated heterocycles. The minimum atomic E-state index is -0.346. The monoisotopic (exact) mass is 442 g/mol. The predicted octanol–water partition coefficient (Wildman–Crippen LogP) is 1.07. The molecule has 0 spiro atoms. The van der Waals surface area contributed by atoms with Crippen LogP contribution in [-0.4, -0.2) is 97.1 Å². The smallest absolute Gasteiger partial charge is 0.225 e. The zero-order valence-electron chi connectivity index (χ0n) is 19.5. The Kier molecular flexibility index (Phi) is 7.17. The van der Waals surface area contributed by atoms with Gasteiger partial charge in [0.1, 0.15) is 0 Å². The molecule has 2 aliphatic heterocycles. The average molecular weight is 443 g/mol. The van der Waals surface area contributed by atoms with Crippen LogP contribution in [0.15, 0.2) is 30.3 Å². The number of hydrogen-bond acceptors (Lipinski definition) is 5. The molecule has 0 bridgehead atoms. The van der Waals surface area contributed by atoms with Crippen LogP contribution >= 0.6 is 0 Å². The molecule has 0 unspecified atom stereocenters. The van der Waals surface area contributed by atoms with Gasteiger partial charge in [-0.05, 0) is 38.3 Å². The summed E-state index contributed by atoms with van der Waals surface area (Å²) in [6, 6.07) is 10.6. The molecular weight excluding hydrogens is 404 g/mol. The van der Waals surface area contributed by atoms with Gasteiger partial charge in [-0.1, -0.05) is 30.3 Å². The van der Waals surface area contributed by atoms with E-state index in [2.05, 4.69) is 46.4 Å². The number of aliphatic hydroxyl groups excluding tert-OH is 1. The van der Waals surface area contributed by atoms with Crippen LogP contribution < -0.4 is 5.32 Å². The van der Waals surface area contributed by atoms with Crippen LogP contribution in [0.3, 0.4) is 0 Å². The van der Waals surface area contributed by atoms with Crippen LogP contribution in [0.5, 0.6) is 0 Å². The largest absolute Gasteiger partial charge is 0.391 e. The summed E-state index contributed by atoms with van der Waals surface area (Å²) in [7, 11) is 3.91. The van der Waals surface area contributed by atoms with Gasteiger partial charge in [0, 0.05) is 64.2 Å². The molecule has 4 rings (SSSR count). The van der Waals surface area contributed by atoms with Crippen LogP contribution in [0.25, 0.3) is 0 Å². The Hall–Kier alpha value is -1.96. The van der Waals surface area contributed by atoms with E-state index < -0.39 is 0 Å². The van der Waals surface area contributed by atoms with Gasteiger partial charge in [-0.25, -0.2) is 0 Å². The summed E-state index contributed by atoms with van der Waals surface area (Å²) in [5, 5.41) is 14.3. The van der Waals surface area contributed by atoms with Gasteiger partial charge < -0.3 is 20.2 Å². The second kappa shape index (κ2) is 9.89. The van der Waals surface area contributed by atoms with Crippen LogP contribution in [0, 0.1) is 5.92 Å². The van der Waals surface area contributed by atoms with Crippen molar-refractivity contribution in [3.63, 3.8) is 0 Å². The first-order valence-electron chi connectivity index (χ1n) is 12.1. The minimum absolute atomic E-state index is 0.0292. The number of rotatable bonds is 5. The number of nitrogens with zero attached hydrogens (tertiary/aromatic N) is 3. The highest BCUT2D eigenvalue weighted by molar-refractivity contribution is 5.89. The van der Waals surface area contributed by atoms with Crippen LogP contribution in [0.1, 0.15) is 37.7 Å². The van der Waals surface area contributed by atoms with E-state index in [9.17, 15) is 14.7 Å². The van der Waals surface area contributed by atoms with Gasteiger partial charge in [0.2, 0.25) is 11.8 Å². The first-order chi connectivity index (χ1) is 15.4. The van der Waals surface area contributed by atoms with Crippen molar-refractivity contribution in [2.75, 3.05) is 53.4 Å². The fraction of sp³-hybridized carbons (Fsp3) is 0.680. The summed E-state index contributed by atoms with van der Waals surface area (Å²) in [5.41, 5.74) is 1.03. The van der Waals surface area contributed by atoms with Gasteiger partial charge in [-0.15, -0.1) is 0 Å². The Labute approximate surface area is 191 Å². The fourth-order valence-electron chi connectivity index (χ4n) is 5.74. The lowest BCUT2D eigenvalue weighted by Gasteiger charge is -2.39. The van der Waals surface area contributed by atoms with Gasteiger partial charge in [0.15, 0.2) is 0 Å². The van der Waals surface area contributed by atoms with E-state index in [1.165, 1.54) is 5.56 Å². The summed E-state index contributed by atoms with van der Waals surface area (Å²) < 4.78 is 0. The Balaban J connectivity index is 1.48. The van der Waals surface area contributed by atoms with Gasteiger partial charge >= 0.3 is 0 Å². The third-order valence-corrected chi connectivity index (χ3v) is 7.99. The topological polar surface area (TPSA) is 76.1 Å². The van der Waals surface area contributed by atoms with E-state index in [1.807, 2.05) is 6.07 Å². The fourth-order valence-corrected chi connectivity index (χ4v) is 5.74. The van der Waals surface area contributed by atoms with E-state index >= 15 is 0 Å². The molecule has 7 nitrogen and oxygen atoms in total. The molecule has 1 aromatic carbocycles. The Morgan fingerprint density at radius 1 is 1.09 bits per heavy atom. The third-order valence-electron chi connectivity index (χ3n) is 7.99. The van der Waals surface area contributed by atoms with Crippen LogP contribution in [0.2, 0.25) is 0 Å². The number of piperazine rings is 1. The van der Waals surface area contributed by atoms with Crippen LogP contribution in [0.4, 0.5) is 0 Å². The average Bonchev–Trinajstić information content (AvgIpc) is 3.05. The van der Waals surface area contributed by atoms with Crippen molar-refractivity contribution in [1.29, 1.82) is 0 Å². The van der Waals surface area contributed by atoms with Crippen molar-refractivity contribution in [3.05, 3.63) is 35.9 Å². The van der Waals surface area contributed by atoms with Crippen molar-refractivity contribution in [2.24, 2.45) is 5.92 Å². The summed E-state index contributed by atoms with van der Waals surface area (Å²) in [6.07, 6.45) is 3.36. The van der Waals surface area contributed by atoms with Crippen molar-refractivity contribution in [3.8, 4) is 0 Å². The molecule has 2 N–H and O–H groups in total. The quantitative estimate of drug-likeness (QED) is 0.668. The lowest BCUT2D eigenvalue weighted by molar-refractivity contribution is -0.128. The van der Waals surface area contributed by atoms with Gasteiger partial charge in [-0.2, -0.15) is 0 Å². The minimum Gasteiger partial charge on any atom is -0.391 e. The van der Waals surface area contributed by atoms with Gasteiger partial charge in [0.05, 0.1) is 12.0 Å². The molecule has 4 atom stereocenters. The van der Waals surface area contributed by atoms with Crippen molar-refractivity contribution in [1.82, 2.24) is 20.0 Å². The summed E-state index contributed by atoms with van der Waals surface area (Å²) in [6.45, 7) is 5.11. The Morgan fingerprint density at radius 2 is 1.78 bits per heavy atom. The number of benzene rings is 1. The molecule has 0 radical (unpaired) electrons. The van der Waals surface area contributed by atoms with Crippen LogP contribution in [-0.2, 0) is 15.0 Å². The summed E-state index contributed by atoms with van der Waals surface area (Å²) >= 11 is 0.